The zero-order valence-electron chi connectivity index (χ0n) is 27.7. The van der Waals surface area contributed by atoms with Crippen molar-refractivity contribution in [2.24, 2.45) is 5.73 Å². The van der Waals surface area contributed by atoms with Gasteiger partial charge in [0.1, 0.15) is 11.5 Å². The molecule has 240 valence electrons. The number of hydrogen-bond acceptors (Lipinski definition) is 5. The monoisotopic (exact) mass is 582 g/mol. The van der Waals surface area contributed by atoms with Crippen LogP contribution >= 0.6 is 0 Å². The average Bonchev–Trinajstić information content (AvgIpc) is 3.16. The van der Waals surface area contributed by atoms with Crippen molar-refractivity contribution < 1.29 is 8.78 Å². The number of nitrogens with two attached hydrogens (primary N) is 1. The van der Waals surface area contributed by atoms with E-state index in [1.165, 1.54) is 13.5 Å². The third kappa shape index (κ3) is 27.9. The highest BCUT2D eigenvalue weighted by atomic mass is 19.1. The van der Waals surface area contributed by atoms with Gasteiger partial charge in [-0.3, -0.25) is 4.90 Å². The van der Waals surface area contributed by atoms with Crippen molar-refractivity contribution in [2.45, 2.75) is 85.2 Å². The van der Waals surface area contributed by atoms with Crippen molar-refractivity contribution >= 4 is 0 Å². The van der Waals surface area contributed by atoms with E-state index in [0.717, 1.165) is 78.0 Å². The standard InChI is InChI=1S/C16H30FN3.C12H20FN.C3H4.C2H6.CH5N/c1-4-18-11-6-7-12-20-13-8-9-16(17,10-14-20)15-19(3)5-2;1-2-9-14-10-5-3-4-7-12(13)8-6-11-14;1-3-2;2*1-2/h4,6-7,18H,1,5,8-15H2,2-3H3;4,7-8H,2-3,5-6,9-11H2,1H3;1H,2H3;1-2H3;2H2,1H3/b7-6+;7-4?,12-8+;;;. The zero-order valence-corrected chi connectivity index (χ0v) is 27.7. The number of likely N-dealkylation sites (tertiary alicyclic amines) is 1. The Labute approximate surface area is 254 Å². The topological polar surface area (TPSA) is 47.8 Å². The van der Waals surface area contributed by atoms with Crippen LogP contribution in [0.3, 0.4) is 0 Å². The lowest BCUT2D eigenvalue weighted by molar-refractivity contribution is 0.0910. The van der Waals surface area contributed by atoms with E-state index in [2.05, 4.69) is 70.7 Å². The molecule has 3 N–H and O–H groups in total. The highest BCUT2D eigenvalue weighted by Gasteiger charge is 2.33. The molecular formula is C34H65F2N5. The lowest BCUT2D eigenvalue weighted by atomic mass is 9.96. The Kier molecular flexibility index (Phi) is 34.5. The molecule has 0 aliphatic carbocycles. The van der Waals surface area contributed by atoms with Crippen LogP contribution in [0.15, 0.2) is 49.0 Å². The molecule has 2 heterocycles. The van der Waals surface area contributed by atoms with Crippen molar-refractivity contribution in [3.63, 3.8) is 0 Å². The first-order valence-corrected chi connectivity index (χ1v) is 15.6. The van der Waals surface area contributed by atoms with E-state index in [1.54, 1.807) is 25.3 Å². The molecule has 2 aliphatic rings. The summed E-state index contributed by atoms with van der Waals surface area (Å²) in [5.41, 5.74) is 3.49. The molecule has 0 radical (unpaired) electrons. The Morgan fingerprint density at radius 2 is 1.76 bits per heavy atom. The number of nitrogens with zero attached hydrogens (tertiary/aromatic N) is 3. The highest BCUT2D eigenvalue weighted by Crippen LogP contribution is 2.27. The molecule has 7 heteroatoms. The quantitative estimate of drug-likeness (QED) is 0.166. The first kappa shape index (κ1) is 43.5. The van der Waals surface area contributed by atoms with Gasteiger partial charge in [0.2, 0.25) is 0 Å². The number of terminal acetylenes is 1. The van der Waals surface area contributed by atoms with E-state index in [-0.39, 0.29) is 5.83 Å². The minimum atomic E-state index is -1.01. The molecule has 0 aromatic heterocycles. The summed E-state index contributed by atoms with van der Waals surface area (Å²) in [6, 6.07) is 0. The fourth-order valence-electron chi connectivity index (χ4n) is 4.34. The van der Waals surface area contributed by atoms with Gasteiger partial charge in [0.15, 0.2) is 0 Å². The highest BCUT2D eigenvalue weighted by molar-refractivity contribution is 5.11. The lowest BCUT2D eigenvalue weighted by Gasteiger charge is -2.28. The van der Waals surface area contributed by atoms with Crippen LogP contribution in [0.2, 0.25) is 0 Å². The van der Waals surface area contributed by atoms with Crippen LogP contribution in [-0.2, 0) is 0 Å². The van der Waals surface area contributed by atoms with E-state index < -0.39 is 5.67 Å². The summed E-state index contributed by atoms with van der Waals surface area (Å²) < 4.78 is 27.8. The molecule has 1 atom stereocenters. The predicted molar refractivity (Wildman–Crippen MR) is 180 cm³/mol. The molecule has 5 nitrogen and oxygen atoms in total. The van der Waals surface area contributed by atoms with Crippen molar-refractivity contribution in [3.05, 3.63) is 49.0 Å². The Hall–Kier alpha value is -1.98. The van der Waals surface area contributed by atoms with Gasteiger partial charge in [-0.05, 0) is 110 Å². The average molecular weight is 582 g/mol. The van der Waals surface area contributed by atoms with Crippen molar-refractivity contribution in [2.75, 3.05) is 73.0 Å². The Bertz CT molecular complexity index is 702. The third-order valence-corrected chi connectivity index (χ3v) is 6.43. The molecule has 2 aliphatic heterocycles. The first-order chi connectivity index (χ1) is 19.8. The second kappa shape index (κ2) is 32.5. The van der Waals surface area contributed by atoms with Gasteiger partial charge in [-0.25, -0.2) is 8.78 Å². The lowest BCUT2D eigenvalue weighted by Crippen LogP contribution is -2.38. The molecule has 0 bridgehead atoms. The molecular weight excluding hydrogens is 516 g/mol. The minimum Gasteiger partial charge on any atom is -0.388 e. The van der Waals surface area contributed by atoms with E-state index in [4.69, 9.17) is 0 Å². The summed E-state index contributed by atoms with van der Waals surface area (Å²) in [5.74, 6) is 2.17. The summed E-state index contributed by atoms with van der Waals surface area (Å²) in [4.78, 5) is 6.84. The normalized spacial score (nSPS) is 21.0. The largest absolute Gasteiger partial charge is 0.388 e. The molecule has 2 rings (SSSR count). The minimum absolute atomic E-state index is 0.0802. The molecule has 0 saturated carbocycles. The number of rotatable bonds is 10. The van der Waals surface area contributed by atoms with E-state index in [1.807, 2.05) is 27.0 Å². The molecule has 41 heavy (non-hydrogen) atoms. The van der Waals surface area contributed by atoms with E-state index >= 15 is 0 Å². The van der Waals surface area contributed by atoms with Gasteiger partial charge in [0.05, 0.1) is 0 Å². The molecule has 1 fully saturated rings. The smallest absolute Gasteiger partial charge is 0.124 e. The van der Waals surface area contributed by atoms with Crippen molar-refractivity contribution in [3.8, 4) is 12.3 Å². The number of nitrogens with one attached hydrogen (secondary N) is 1. The van der Waals surface area contributed by atoms with Gasteiger partial charge >= 0.3 is 0 Å². The number of alkyl halides is 1. The maximum atomic E-state index is 14.8. The molecule has 0 aromatic carbocycles. The Morgan fingerprint density at radius 3 is 2.37 bits per heavy atom. The van der Waals surface area contributed by atoms with Gasteiger partial charge in [0, 0.05) is 32.7 Å². The summed E-state index contributed by atoms with van der Waals surface area (Å²) in [6.07, 6.45) is 22.2. The van der Waals surface area contributed by atoms with Crippen molar-refractivity contribution in [1.29, 1.82) is 0 Å². The maximum absolute atomic E-state index is 14.8. The van der Waals surface area contributed by atoms with Crippen LogP contribution in [0.4, 0.5) is 8.78 Å². The van der Waals surface area contributed by atoms with Gasteiger partial charge in [-0.2, -0.15) is 0 Å². The van der Waals surface area contributed by atoms with Crippen LogP contribution < -0.4 is 11.1 Å². The number of halogens is 2. The molecule has 1 saturated heterocycles. The Balaban J connectivity index is -0.000000598. The molecule has 0 aromatic rings. The molecule has 1 unspecified atom stereocenters. The van der Waals surface area contributed by atoms with Gasteiger partial charge in [-0.15, -0.1) is 12.3 Å². The van der Waals surface area contributed by atoms with Crippen molar-refractivity contribution in [1.82, 2.24) is 20.0 Å². The van der Waals surface area contributed by atoms with Gasteiger partial charge < -0.3 is 20.9 Å². The molecule has 0 spiro atoms. The number of hydrogen-bond donors (Lipinski definition) is 2. The van der Waals surface area contributed by atoms with Crippen LogP contribution in [-0.4, -0.2) is 93.4 Å². The van der Waals surface area contributed by atoms with Crippen LogP contribution in [0, 0.1) is 12.3 Å². The fraction of sp³-hybridized carbons (Fsp3) is 0.706. The van der Waals surface area contributed by atoms with Crippen LogP contribution in [0.5, 0.6) is 0 Å². The Morgan fingerprint density at radius 1 is 1.10 bits per heavy atom. The summed E-state index contributed by atoms with van der Waals surface area (Å²) >= 11 is 0. The van der Waals surface area contributed by atoms with Gasteiger partial charge in [-0.1, -0.05) is 52.5 Å². The zero-order chi connectivity index (χ0) is 31.8. The summed E-state index contributed by atoms with van der Waals surface area (Å²) in [7, 11) is 3.50. The fourth-order valence-corrected chi connectivity index (χ4v) is 4.34. The van der Waals surface area contributed by atoms with Gasteiger partial charge in [0.25, 0.3) is 0 Å². The first-order valence-electron chi connectivity index (χ1n) is 15.6. The molecule has 0 amide bonds. The third-order valence-electron chi connectivity index (χ3n) is 6.43. The summed E-state index contributed by atoms with van der Waals surface area (Å²) in [6.45, 7) is 21.9. The van der Waals surface area contributed by atoms with E-state index in [9.17, 15) is 8.78 Å². The summed E-state index contributed by atoms with van der Waals surface area (Å²) in [5, 5.41) is 3.03. The maximum Gasteiger partial charge on any atom is 0.124 e. The van der Waals surface area contributed by atoms with Crippen LogP contribution in [0.25, 0.3) is 0 Å². The SMILES string of the molecule is C#CC.C=CNC/C=C/CN1CCCC(F)(CN(C)CC)CC1.CC.CCCN1CC/C=C(/F)C=CCCC1.CN. The number of allylic oxidation sites excluding steroid dienone is 3. The second-order valence-corrected chi connectivity index (χ2v) is 9.77. The second-order valence-electron chi connectivity index (χ2n) is 9.77. The predicted octanol–water partition coefficient (Wildman–Crippen LogP) is 6.95. The van der Waals surface area contributed by atoms with Crippen LogP contribution in [0.1, 0.15) is 79.6 Å². The van der Waals surface area contributed by atoms with E-state index in [0.29, 0.717) is 19.4 Å².